The van der Waals surface area contributed by atoms with Gasteiger partial charge in [-0.1, -0.05) is 6.07 Å². The topological polar surface area (TPSA) is 174 Å². The highest BCUT2D eigenvalue weighted by Gasteiger charge is 2.28. The number of phenols is 1. The zero-order valence-electron chi connectivity index (χ0n) is 11.5. The minimum Gasteiger partial charge on any atom is -0.507 e. The summed E-state index contributed by atoms with van der Waals surface area (Å²) in [5.74, 6) is -4.27. The average molecular weight is 320 g/mol. The van der Waals surface area contributed by atoms with Crippen LogP contribution in [0.1, 0.15) is 26.3 Å². The quantitative estimate of drug-likeness (QED) is 0.463. The summed E-state index contributed by atoms with van der Waals surface area (Å²) >= 11 is 0. The summed E-state index contributed by atoms with van der Waals surface area (Å²) in [6, 6.07) is 3.69. The van der Waals surface area contributed by atoms with Crippen molar-refractivity contribution in [3.05, 3.63) is 45.2 Å². The molecule has 1 aromatic heterocycles. The van der Waals surface area contributed by atoms with E-state index in [0.717, 1.165) is 6.07 Å². The van der Waals surface area contributed by atoms with Crippen molar-refractivity contribution in [2.75, 3.05) is 5.73 Å². The fourth-order valence-corrected chi connectivity index (χ4v) is 2.20. The molecule has 2 rings (SSSR count). The van der Waals surface area contributed by atoms with E-state index in [1.54, 1.807) is 0 Å². The third kappa shape index (κ3) is 2.72. The molecule has 0 aliphatic heterocycles. The number of aromatic amines is 1. The number of phenolic OH excluding ortho intramolecular Hbond substituents is 1. The molecule has 0 fully saturated rings. The van der Waals surface area contributed by atoms with Crippen molar-refractivity contribution in [1.82, 2.24) is 4.98 Å². The summed E-state index contributed by atoms with van der Waals surface area (Å²) in [6.07, 6.45) is 0. The van der Waals surface area contributed by atoms with E-state index in [9.17, 15) is 29.7 Å². The van der Waals surface area contributed by atoms with Crippen LogP contribution in [0.3, 0.4) is 0 Å². The van der Waals surface area contributed by atoms with E-state index in [0.29, 0.717) is 0 Å². The highest BCUT2D eigenvalue weighted by atomic mass is 16.4. The Morgan fingerprint density at radius 3 is 2.26 bits per heavy atom. The number of nitrogen functional groups attached to an aromatic ring is 1. The molecule has 0 radical (unpaired) electrons. The molecule has 9 nitrogen and oxygen atoms in total. The Morgan fingerprint density at radius 1 is 1.13 bits per heavy atom. The van der Waals surface area contributed by atoms with E-state index in [1.165, 1.54) is 12.1 Å². The second-order valence-electron chi connectivity index (χ2n) is 4.61. The van der Waals surface area contributed by atoms with Crippen LogP contribution in [0.5, 0.6) is 5.75 Å². The van der Waals surface area contributed by atoms with Crippen LogP contribution < -0.4 is 11.3 Å². The molecule has 23 heavy (non-hydrogen) atoms. The van der Waals surface area contributed by atoms with Crippen LogP contribution in [-0.2, 0) is 6.61 Å². The van der Waals surface area contributed by atoms with Gasteiger partial charge in [0.2, 0.25) is 0 Å². The number of rotatable bonds is 4. The van der Waals surface area contributed by atoms with E-state index in [2.05, 4.69) is 0 Å². The molecule has 0 saturated heterocycles. The first-order valence-electron chi connectivity index (χ1n) is 6.23. The van der Waals surface area contributed by atoms with Crippen molar-refractivity contribution in [2.24, 2.45) is 0 Å². The van der Waals surface area contributed by atoms with Gasteiger partial charge in [0.15, 0.2) is 0 Å². The monoisotopic (exact) mass is 320 g/mol. The second kappa shape index (κ2) is 5.81. The van der Waals surface area contributed by atoms with Gasteiger partial charge in [-0.2, -0.15) is 0 Å². The Balaban J connectivity index is 3.03. The Kier molecular flexibility index (Phi) is 4.06. The van der Waals surface area contributed by atoms with Crippen LogP contribution in [0.2, 0.25) is 0 Å². The predicted molar refractivity (Wildman–Crippen MR) is 78.4 cm³/mol. The summed E-state index contributed by atoms with van der Waals surface area (Å²) in [4.78, 5) is 36.7. The number of carbonyl (C=O) groups is 2. The Labute approximate surface area is 128 Å². The number of carboxylic acids is 2. The number of nitrogens with two attached hydrogens (primary N) is 1. The van der Waals surface area contributed by atoms with Crippen LogP contribution >= 0.6 is 0 Å². The Hall–Kier alpha value is -3.33. The van der Waals surface area contributed by atoms with Gasteiger partial charge in [-0.15, -0.1) is 0 Å². The number of aromatic nitrogens is 1. The van der Waals surface area contributed by atoms with Crippen LogP contribution in [0, 0.1) is 0 Å². The third-order valence-corrected chi connectivity index (χ3v) is 3.19. The van der Waals surface area contributed by atoms with Gasteiger partial charge in [0.05, 0.1) is 6.61 Å². The van der Waals surface area contributed by atoms with Gasteiger partial charge in [-0.25, -0.2) is 9.59 Å². The number of hydrogen-bond acceptors (Lipinski definition) is 6. The van der Waals surface area contributed by atoms with Crippen molar-refractivity contribution < 1.29 is 30.0 Å². The first-order valence-corrected chi connectivity index (χ1v) is 6.23. The zero-order chi connectivity index (χ0) is 17.3. The molecule has 7 N–H and O–H groups in total. The normalized spacial score (nSPS) is 10.5. The van der Waals surface area contributed by atoms with Gasteiger partial charge in [0.1, 0.15) is 22.7 Å². The van der Waals surface area contributed by atoms with E-state index in [4.69, 9.17) is 10.8 Å². The molecule has 2 aromatic rings. The van der Waals surface area contributed by atoms with Crippen LogP contribution in [0.25, 0.3) is 11.1 Å². The number of aliphatic hydroxyl groups excluding tert-OH is 1. The van der Waals surface area contributed by atoms with Crippen LogP contribution in [-0.4, -0.2) is 37.3 Å². The molecule has 0 bridgehead atoms. The van der Waals surface area contributed by atoms with Crippen LogP contribution in [0.4, 0.5) is 5.82 Å². The molecule has 0 atom stereocenters. The number of hydrogen-bond donors (Lipinski definition) is 6. The molecule has 0 saturated carbocycles. The number of H-pyrrole nitrogens is 1. The zero-order valence-corrected chi connectivity index (χ0v) is 11.5. The fourth-order valence-electron chi connectivity index (χ4n) is 2.20. The molecule has 0 aliphatic carbocycles. The Morgan fingerprint density at radius 2 is 1.74 bits per heavy atom. The minimum absolute atomic E-state index is 0.232. The van der Waals surface area contributed by atoms with E-state index in [1.807, 2.05) is 4.98 Å². The maximum atomic E-state index is 11.9. The Bertz CT molecular complexity index is 870. The summed E-state index contributed by atoms with van der Waals surface area (Å²) < 4.78 is 0. The molecule has 120 valence electrons. The molecule has 0 amide bonds. The first kappa shape index (κ1) is 16.0. The molecule has 1 heterocycles. The largest absolute Gasteiger partial charge is 0.507 e. The number of aromatic carboxylic acids is 2. The van der Waals surface area contributed by atoms with Crippen molar-refractivity contribution in [3.8, 4) is 16.9 Å². The van der Waals surface area contributed by atoms with Gasteiger partial charge < -0.3 is 31.1 Å². The highest BCUT2D eigenvalue weighted by molar-refractivity contribution is 6.08. The van der Waals surface area contributed by atoms with Crippen LogP contribution in [0.15, 0.2) is 23.0 Å². The molecular weight excluding hydrogens is 308 g/mol. The maximum absolute atomic E-state index is 11.9. The fraction of sp³-hybridized carbons (Fsp3) is 0.0714. The average Bonchev–Trinajstić information content (AvgIpc) is 2.46. The SMILES string of the molecule is Nc1[nH]c(=O)c(C(=O)O)c(-c2cc(CO)ccc2O)c1C(=O)O. The van der Waals surface area contributed by atoms with Gasteiger partial charge in [-0.3, -0.25) is 4.79 Å². The lowest BCUT2D eigenvalue weighted by molar-refractivity contribution is 0.0695. The number of nitrogens with one attached hydrogen (secondary N) is 1. The van der Waals surface area contributed by atoms with E-state index >= 15 is 0 Å². The maximum Gasteiger partial charge on any atom is 0.342 e. The van der Waals surface area contributed by atoms with Crippen molar-refractivity contribution in [1.29, 1.82) is 0 Å². The lowest BCUT2D eigenvalue weighted by atomic mass is 9.93. The predicted octanol–water partition coefficient (Wildman–Crippen LogP) is 0.218. The van der Waals surface area contributed by atoms with Crippen molar-refractivity contribution in [2.45, 2.75) is 6.61 Å². The molecular formula is C14H12N2O7. The van der Waals surface area contributed by atoms with Gasteiger partial charge in [0.25, 0.3) is 5.56 Å². The molecule has 0 spiro atoms. The molecule has 0 aliphatic rings. The number of aliphatic hydroxyl groups is 1. The summed E-state index contributed by atoms with van der Waals surface area (Å²) in [5, 5.41) is 37.7. The summed E-state index contributed by atoms with van der Waals surface area (Å²) in [5.41, 5.74) is 2.37. The molecule has 9 heteroatoms. The molecule has 0 unspecified atom stereocenters. The number of anilines is 1. The summed E-state index contributed by atoms with van der Waals surface area (Å²) in [7, 11) is 0. The van der Waals surface area contributed by atoms with E-state index < -0.39 is 52.4 Å². The second-order valence-corrected chi connectivity index (χ2v) is 4.61. The van der Waals surface area contributed by atoms with Gasteiger partial charge in [0, 0.05) is 11.1 Å². The minimum atomic E-state index is -1.68. The molecule has 1 aromatic carbocycles. The van der Waals surface area contributed by atoms with Crippen molar-refractivity contribution in [3.63, 3.8) is 0 Å². The smallest absolute Gasteiger partial charge is 0.342 e. The number of benzene rings is 1. The number of aromatic hydroxyl groups is 1. The number of pyridine rings is 1. The summed E-state index contributed by atoms with van der Waals surface area (Å²) in [6.45, 7) is -0.434. The highest BCUT2D eigenvalue weighted by Crippen LogP contribution is 2.35. The lowest BCUT2D eigenvalue weighted by Crippen LogP contribution is -2.24. The standard InChI is InChI=1S/C14H12N2O7/c15-11-9(13(20)21)8(10(14(22)23)12(19)16-11)6-3-5(4-17)1-2-7(6)18/h1-3,17-18H,4H2,(H,20,21)(H,22,23)(H3,15,16,19). The third-order valence-electron chi connectivity index (χ3n) is 3.19. The lowest BCUT2D eigenvalue weighted by Gasteiger charge is -2.14. The van der Waals surface area contributed by atoms with Gasteiger partial charge >= 0.3 is 11.9 Å². The van der Waals surface area contributed by atoms with Crippen molar-refractivity contribution >= 4 is 17.8 Å². The van der Waals surface area contributed by atoms with E-state index in [-0.39, 0.29) is 11.1 Å². The number of carboxylic acid groups (broad SMARTS) is 2. The van der Waals surface area contributed by atoms with Gasteiger partial charge in [-0.05, 0) is 17.7 Å². The first-order chi connectivity index (χ1) is 10.8.